The number of unbranched alkanes of at least 4 members (excludes halogenated alkanes) is 17. The first-order valence-electron chi connectivity index (χ1n) is 13.9. The third-order valence-corrected chi connectivity index (χ3v) is 7.77. The predicted molar refractivity (Wildman–Crippen MR) is 136 cm³/mol. The zero-order chi connectivity index (χ0) is 23.3. The van der Waals surface area contributed by atoms with Gasteiger partial charge in [0, 0.05) is 13.1 Å². The van der Waals surface area contributed by atoms with Gasteiger partial charge < -0.3 is 9.79 Å². The molecule has 1 unspecified atom stereocenters. The van der Waals surface area contributed by atoms with E-state index in [1.165, 1.54) is 103 Å². The zero-order valence-corrected chi connectivity index (χ0v) is 22.3. The molecule has 1 saturated heterocycles. The van der Waals surface area contributed by atoms with Gasteiger partial charge in [-0.1, -0.05) is 116 Å². The zero-order valence-electron chi connectivity index (χ0n) is 21.4. The van der Waals surface area contributed by atoms with Gasteiger partial charge >= 0.3 is 7.82 Å². The lowest BCUT2D eigenvalue weighted by Crippen LogP contribution is -2.33. The molecular weight excluding hydrogens is 421 g/mol. The lowest BCUT2D eigenvalue weighted by Gasteiger charge is -2.29. The number of phosphoric acid groups is 1. The number of phosphoric ester groups is 1. The first-order chi connectivity index (χ1) is 15.5. The summed E-state index contributed by atoms with van der Waals surface area (Å²) in [6.45, 7) is 4.41. The SMILES string of the molecule is CCCCCCCCCCCCCCCCCCCCOP(=O)(O)OC1CCN(C)CC1. The number of likely N-dealkylation sites (tertiary alicyclic amines) is 1. The van der Waals surface area contributed by atoms with Crippen molar-refractivity contribution in [2.24, 2.45) is 0 Å². The highest BCUT2D eigenvalue weighted by atomic mass is 31.2. The summed E-state index contributed by atoms with van der Waals surface area (Å²) in [5.41, 5.74) is 0. The fourth-order valence-corrected chi connectivity index (χ4v) is 5.50. The molecule has 1 N–H and O–H groups in total. The Bertz CT molecular complexity index is 455. The van der Waals surface area contributed by atoms with Gasteiger partial charge in [-0.25, -0.2) is 4.57 Å². The standard InChI is InChI=1S/C26H54NO4P/c1-3-4-5-6-7-8-9-10-11-12-13-14-15-16-17-18-19-20-25-30-32(28,29)31-26-21-23-27(2)24-22-26/h26H,3-25H2,1-2H3,(H,28,29). The Labute approximate surface area is 199 Å². The lowest BCUT2D eigenvalue weighted by molar-refractivity contribution is 0.0638. The van der Waals surface area contributed by atoms with Crippen LogP contribution in [0.5, 0.6) is 0 Å². The first kappa shape index (κ1) is 30.1. The molecule has 1 aliphatic heterocycles. The van der Waals surface area contributed by atoms with Gasteiger partial charge in [0.05, 0.1) is 12.7 Å². The number of nitrogens with zero attached hydrogens (tertiary/aromatic N) is 1. The van der Waals surface area contributed by atoms with Crippen LogP contribution in [0.4, 0.5) is 0 Å². The maximum atomic E-state index is 12.0. The second-order valence-electron chi connectivity index (χ2n) is 9.92. The molecule has 0 aromatic rings. The topological polar surface area (TPSA) is 59.0 Å². The second kappa shape index (κ2) is 20.4. The molecule has 0 amide bonds. The van der Waals surface area contributed by atoms with Crippen molar-refractivity contribution < 1.29 is 18.5 Å². The Morgan fingerprint density at radius 1 is 0.719 bits per heavy atom. The molecule has 0 spiro atoms. The molecule has 0 radical (unpaired) electrons. The average Bonchev–Trinajstić information content (AvgIpc) is 2.77. The monoisotopic (exact) mass is 475 g/mol. The summed E-state index contributed by atoms with van der Waals surface area (Å²) in [6, 6.07) is 0. The van der Waals surface area contributed by atoms with Crippen molar-refractivity contribution >= 4 is 7.82 Å². The fraction of sp³-hybridized carbons (Fsp3) is 1.00. The van der Waals surface area contributed by atoms with E-state index in [0.717, 1.165) is 38.8 Å². The molecule has 32 heavy (non-hydrogen) atoms. The Balaban J connectivity index is 1.77. The number of hydrogen-bond acceptors (Lipinski definition) is 4. The van der Waals surface area contributed by atoms with Crippen LogP contribution >= 0.6 is 7.82 Å². The van der Waals surface area contributed by atoms with Crippen LogP contribution in [0.25, 0.3) is 0 Å². The highest BCUT2D eigenvalue weighted by Crippen LogP contribution is 2.46. The maximum Gasteiger partial charge on any atom is 0.472 e. The third-order valence-electron chi connectivity index (χ3n) is 6.70. The minimum Gasteiger partial charge on any atom is -0.306 e. The molecule has 192 valence electrons. The molecule has 0 aliphatic carbocycles. The third kappa shape index (κ3) is 18.5. The van der Waals surface area contributed by atoms with Gasteiger partial charge in [0.15, 0.2) is 0 Å². The second-order valence-corrected chi connectivity index (χ2v) is 11.3. The van der Waals surface area contributed by atoms with Gasteiger partial charge in [-0.2, -0.15) is 0 Å². The van der Waals surface area contributed by atoms with Gasteiger partial charge in [-0.15, -0.1) is 0 Å². The molecule has 6 heteroatoms. The average molecular weight is 476 g/mol. The lowest BCUT2D eigenvalue weighted by atomic mass is 10.0. The van der Waals surface area contributed by atoms with Crippen molar-refractivity contribution in [2.75, 3.05) is 26.7 Å². The van der Waals surface area contributed by atoms with E-state index in [4.69, 9.17) is 9.05 Å². The molecule has 0 aromatic heterocycles. The van der Waals surface area contributed by atoms with Gasteiger partial charge in [0.1, 0.15) is 0 Å². The van der Waals surface area contributed by atoms with Gasteiger partial charge in [0.25, 0.3) is 0 Å². The Morgan fingerprint density at radius 3 is 1.50 bits per heavy atom. The Kier molecular flexibility index (Phi) is 19.2. The summed E-state index contributed by atoms with van der Waals surface area (Å²) in [5.74, 6) is 0. The van der Waals surface area contributed by atoms with Crippen LogP contribution in [0.15, 0.2) is 0 Å². The van der Waals surface area contributed by atoms with Crippen molar-refractivity contribution in [3.8, 4) is 0 Å². The number of rotatable bonds is 22. The van der Waals surface area contributed by atoms with E-state index < -0.39 is 7.82 Å². The summed E-state index contributed by atoms with van der Waals surface area (Å²) in [7, 11) is -1.83. The summed E-state index contributed by atoms with van der Waals surface area (Å²) >= 11 is 0. The van der Waals surface area contributed by atoms with Gasteiger partial charge in [-0.05, 0) is 26.3 Å². The molecule has 1 heterocycles. The molecule has 5 nitrogen and oxygen atoms in total. The number of hydrogen-bond donors (Lipinski definition) is 1. The first-order valence-corrected chi connectivity index (χ1v) is 15.4. The minimum absolute atomic E-state index is 0.151. The van der Waals surface area contributed by atoms with Crippen LogP contribution in [0.1, 0.15) is 135 Å². The Hall–Kier alpha value is 0.0700. The molecule has 1 rings (SSSR count). The predicted octanol–water partition coefficient (Wildman–Crippen LogP) is 8.26. The number of piperidine rings is 1. The van der Waals surface area contributed by atoms with Crippen LogP contribution in [0.3, 0.4) is 0 Å². The van der Waals surface area contributed by atoms with E-state index in [9.17, 15) is 9.46 Å². The molecule has 1 aliphatic rings. The van der Waals surface area contributed by atoms with Crippen molar-refractivity contribution in [3.63, 3.8) is 0 Å². The molecule has 0 aromatic carbocycles. The fourth-order valence-electron chi connectivity index (χ4n) is 4.49. The van der Waals surface area contributed by atoms with E-state index in [0.29, 0.717) is 6.61 Å². The highest BCUT2D eigenvalue weighted by Gasteiger charge is 2.28. The molecule has 0 bridgehead atoms. The van der Waals surface area contributed by atoms with Crippen molar-refractivity contribution in [3.05, 3.63) is 0 Å². The maximum absolute atomic E-state index is 12.0. The van der Waals surface area contributed by atoms with Crippen LogP contribution in [0, 0.1) is 0 Å². The van der Waals surface area contributed by atoms with E-state index in [1.807, 2.05) is 0 Å². The highest BCUT2D eigenvalue weighted by molar-refractivity contribution is 7.47. The quantitative estimate of drug-likeness (QED) is 0.126. The van der Waals surface area contributed by atoms with Crippen molar-refractivity contribution in [1.29, 1.82) is 0 Å². The van der Waals surface area contributed by atoms with E-state index in [1.54, 1.807) is 0 Å². The van der Waals surface area contributed by atoms with E-state index >= 15 is 0 Å². The van der Waals surface area contributed by atoms with Crippen molar-refractivity contribution in [1.82, 2.24) is 4.90 Å². The molecule has 1 fully saturated rings. The summed E-state index contributed by atoms with van der Waals surface area (Å²) in [5, 5.41) is 0. The largest absolute Gasteiger partial charge is 0.472 e. The van der Waals surface area contributed by atoms with Crippen LogP contribution in [0.2, 0.25) is 0 Å². The molecule has 0 saturated carbocycles. The molecular formula is C26H54NO4P. The molecule has 1 atom stereocenters. The van der Waals surface area contributed by atoms with Gasteiger partial charge in [-0.3, -0.25) is 9.05 Å². The normalized spacial score (nSPS) is 17.6. The van der Waals surface area contributed by atoms with Crippen LogP contribution in [-0.2, 0) is 13.6 Å². The van der Waals surface area contributed by atoms with Gasteiger partial charge in [0.2, 0.25) is 0 Å². The van der Waals surface area contributed by atoms with Crippen molar-refractivity contribution in [2.45, 2.75) is 141 Å². The summed E-state index contributed by atoms with van der Waals surface area (Å²) in [6.07, 6.45) is 25.4. The Morgan fingerprint density at radius 2 is 1.09 bits per heavy atom. The van der Waals surface area contributed by atoms with E-state index in [-0.39, 0.29) is 6.10 Å². The summed E-state index contributed by atoms with van der Waals surface area (Å²) < 4.78 is 22.5. The van der Waals surface area contributed by atoms with Crippen LogP contribution in [-0.4, -0.2) is 42.6 Å². The summed E-state index contributed by atoms with van der Waals surface area (Å²) in [4.78, 5) is 12.1. The van der Waals surface area contributed by atoms with E-state index in [2.05, 4.69) is 18.9 Å². The smallest absolute Gasteiger partial charge is 0.306 e. The minimum atomic E-state index is -3.89. The van der Waals surface area contributed by atoms with Crippen LogP contribution < -0.4 is 0 Å².